The van der Waals surface area contributed by atoms with Crippen molar-refractivity contribution in [1.82, 2.24) is 0 Å². The standard InChI is InChI=1S/C24H23ClO5S/c1-13-10-15(11-14(2)21(13)30-24(3,4)23(27)28)6-8-18(26)16-7-9-19(31-5)20-17(25)12-29-22(16)20/h6-12H,1-5H3,(H,27,28)/b8-6+. The predicted octanol–water partition coefficient (Wildman–Crippen LogP) is 6.56. The lowest BCUT2D eigenvalue weighted by atomic mass is 10.0. The van der Waals surface area contributed by atoms with Crippen LogP contribution in [0.25, 0.3) is 17.0 Å². The summed E-state index contributed by atoms with van der Waals surface area (Å²) in [5.74, 6) is -0.723. The Hall–Kier alpha value is -2.70. The number of halogens is 1. The maximum atomic E-state index is 12.9. The monoisotopic (exact) mass is 458 g/mol. The van der Waals surface area contributed by atoms with Gasteiger partial charge in [-0.25, -0.2) is 4.79 Å². The van der Waals surface area contributed by atoms with Crippen LogP contribution in [0.3, 0.4) is 0 Å². The maximum absolute atomic E-state index is 12.9. The first-order valence-electron chi connectivity index (χ1n) is 9.55. The molecule has 0 radical (unpaired) electrons. The number of carboxylic acid groups (broad SMARTS) is 1. The van der Waals surface area contributed by atoms with Crippen molar-refractivity contribution in [3.63, 3.8) is 0 Å². The summed E-state index contributed by atoms with van der Waals surface area (Å²) in [5, 5.41) is 10.5. The predicted molar refractivity (Wildman–Crippen MR) is 125 cm³/mol. The number of carbonyl (C=O) groups excluding carboxylic acids is 1. The van der Waals surface area contributed by atoms with E-state index in [1.807, 2.05) is 38.3 Å². The van der Waals surface area contributed by atoms with Gasteiger partial charge in [0.1, 0.15) is 17.6 Å². The molecule has 0 bridgehead atoms. The van der Waals surface area contributed by atoms with Gasteiger partial charge in [0.25, 0.3) is 0 Å². The summed E-state index contributed by atoms with van der Waals surface area (Å²) in [4.78, 5) is 25.2. The maximum Gasteiger partial charge on any atom is 0.347 e. The van der Waals surface area contributed by atoms with E-state index in [1.165, 1.54) is 37.9 Å². The second-order valence-electron chi connectivity index (χ2n) is 7.70. The van der Waals surface area contributed by atoms with Gasteiger partial charge in [0, 0.05) is 4.90 Å². The van der Waals surface area contributed by atoms with Gasteiger partial charge in [0.15, 0.2) is 11.4 Å². The van der Waals surface area contributed by atoms with Gasteiger partial charge in [-0.05, 0) is 81.0 Å². The van der Waals surface area contributed by atoms with Crippen LogP contribution in [0.4, 0.5) is 0 Å². The normalized spacial score (nSPS) is 11.9. The number of hydrogen-bond donors (Lipinski definition) is 1. The van der Waals surface area contributed by atoms with Crippen LogP contribution in [0.1, 0.15) is 40.9 Å². The number of aliphatic carboxylic acids is 1. The number of fused-ring (bicyclic) bond motifs is 1. The van der Waals surface area contributed by atoms with Crippen LogP contribution in [0.15, 0.2) is 45.9 Å². The number of carboxylic acids is 1. The minimum Gasteiger partial charge on any atom is -0.478 e. The van der Waals surface area contributed by atoms with Crippen LogP contribution in [-0.2, 0) is 4.79 Å². The van der Waals surface area contributed by atoms with E-state index in [9.17, 15) is 14.7 Å². The molecule has 0 aliphatic heterocycles. The number of thioether (sulfide) groups is 1. The van der Waals surface area contributed by atoms with Gasteiger partial charge in [-0.15, -0.1) is 11.8 Å². The number of aryl methyl sites for hydroxylation is 2. The molecule has 3 aromatic rings. The highest BCUT2D eigenvalue weighted by Crippen LogP contribution is 2.36. The molecule has 3 rings (SSSR count). The van der Waals surface area contributed by atoms with Crippen molar-refractivity contribution in [2.24, 2.45) is 0 Å². The van der Waals surface area contributed by atoms with Gasteiger partial charge in [0.2, 0.25) is 0 Å². The molecule has 5 nitrogen and oxygen atoms in total. The largest absolute Gasteiger partial charge is 0.478 e. The van der Waals surface area contributed by atoms with E-state index in [-0.39, 0.29) is 5.78 Å². The summed E-state index contributed by atoms with van der Waals surface area (Å²) in [5.41, 5.74) is 1.93. The van der Waals surface area contributed by atoms with Crippen LogP contribution in [0.2, 0.25) is 5.02 Å². The highest BCUT2D eigenvalue weighted by atomic mass is 35.5. The molecule has 0 atom stereocenters. The van der Waals surface area contributed by atoms with Crippen molar-refractivity contribution < 1.29 is 23.8 Å². The fraction of sp³-hybridized carbons (Fsp3) is 0.250. The molecule has 1 N–H and O–H groups in total. The van der Waals surface area contributed by atoms with Crippen LogP contribution >= 0.6 is 23.4 Å². The summed E-state index contributed by atoms with van der Waals surface area (Å²) < 4.78 is 11.3. The van der Waals surface area contributed by atoms with Crippen LogP contribution < -0.4 is 4.74 Å². The zero-order chi connectivity index (χ0) is 22.9. The van der Waals surface area contributed by atoms with Gasteiger partial charge in [0.05, 0.1) is 16.0 Å². The second-order valence-corrected chi connectivity index (χ2v) is 8.96. The number of carbonyl (C=O) groups is 2. The third-order valence-corrected chi connectivity index (χ3v) is 5.96. The number of benzene rings is 2. The molecular weight excluding hydrogens is 436 g/mol. The summed E-state index contributed by atoms with van der Waals surface area (Å²) in [6, 6.07) is 7.29. The number of furan rings is 1. The molecule has 7 heteroatoms. The average molecular weight is 459 g/mol. The SMILES string of the molecule is CSc1ccc(C(=O)/C=C/c2cc(C)c(OC(C)(C)C(=O)O)c(C)c2)c2occ(Cl)c12. The molecule has 0 aliphatic rings. The summed E-state index contributed by atoms with van der Waals surface area (Å²) in [7, 11) is 0. The highest BCUT2D eigenvalue weighted by molar-refractivity contribution is 7.98. The zero-order valence-electron chi connectivity index (χ0n) is 17.9. The Balaban J connectivity index is 1.90. The van der Waals surface area contributed by atoms with Gasteiger partial charge in [-0.1, -0.05) is 17.7 Å². The summed E-state index contributed by atoms with van der Waals surface area (Å²) >= 11 is 7.77. The quantitative estimate of drug-likeness (QED) is 0.245. The Morgan fingerprint density at radius 3 is 2.42 bits per heavy atom. The van der Waals surface area contributed by atoms with Crippen molar-refractivity contribution in [2.75, 3.05) is 6.26 Å². The van der Waals surface area contributed by atoms with Gasteiger partial charge in [-0.3, -0.25) is 4.79 Å². The molecule has 0 unspecified atom stereocenters. The number of allylic oxidation sites excluding steroid dienone is 1. The van der Waals surface area contributed by atoms with E-state index in [2.05, 4.69) is 0 Å². The van der Waals surface area contributed by atoms with E-state index in [4.69, 9.17) is 20.8 Å². The summed E-state index contributed by atoms with van der Waals surface area (Å²) in [6.45, 7) is 6.69. The molecule has 1 aromatic heterocycles. The fourth-order valence-electron chi connectivity index (χ4n) is 3.25. The summed E-state index contributed by atoms with van der Waals surface area (Å²) in [6.07, 6.45) is 6.58. The van der Waals surface area contributed by atoms with Crippen molar-refractivity contribution in [3.05, 3.63) is 63.9 Å². The molecule has 1 heterocycles. The van der Waals surface area contributed by atoms with E-state index in [0.29, 0.717) is 21.9 Å². The molecular formula is C24H23ClO5S. The number of ether oxygens (including phenoxy) is 1. The molecule has 0 saturated heterocycles. The molecule has 0 spiro atoms. The van der Waals surface area contributed by atoms with E-state index in [0.717, 1.165) is 27.0 Å². The number of ketones is 1. The zero-order valence-corrected chi connectivity index (χ0v) is 19.5. The first kappa shape index (κ1) is 23.0. The minimum atomic E-state index is -1.35. The lowest BCUT2D eigenvalue weighted by Gasteiger charge is -2.24. The molecule has 0 fully saturated rings. The average Bonchev–Trinajstić information content (AvgIpc) is 3.10. The van der Waals surface area contributed by atoms with Crippen molar-refractivity contribution in [1.29, 1.82) is 0 Å². The van der Waals surface area contributed by atoms with Crippen LogP contribution in [0.5, 0.6) is 5.75 Å². The first-order chi connectivity index (χ1) is 14.5. The number of rotatable bonds is 7. The Bertz CT molecular complexity index is 1180. The molecule has 162 valence electrons. The molecule has 31 heavy (non-hydrogen) atoms. The van der Waals surface area contributed by atoms with Crippen LogP contribution in [-0.4, -0.2) is 28.7 Å². The molecule has 0 amide bonds. The van der Waals surface area contributed by atoms with Crippen molar-refractivity contribution in [2.45, 2.75) is 38.2 Å². The Kier molecular flexibility index (Phi) is 6.53. The van der Waals surface area contributed by atoms with Gasteiger partial charge < -0.3 is 14.3 Å². The van der Waals surface area contributed by atoms with Crippen molar-refractivity contribution in [3.8, 4) is 5.75 Å². The Labute approximate surface area is 190 Å². The highest BCUT2D eigenvalue weighted by Gasteiger charge is 2.30. The lowest BCUT2D eigenvalue weighted by Crippen LogP contribution is -2.38. The van der Waals surface area contributed by atoms with E-state index < -0.39 is 11.6 Å². The second kappa shape index (κ2) is 8.81. The lowest BCUT2D eigenvalue weighted by molar-refractivity contribution is -0.152. The smallest absolute Gasteiger partial charge is 0.347 e. The molecule has 0 aliphatic carbocycles. The Morgan fingerprint density at radius 1 is 1.19 bits per heavy atom. The van der Waals surface area contributed by atoms with E-state index >= 15 is 0 Å². The van der Waals surface area contributed by atoms with Gasteiger partial charge >= 0.3 is 5.97 Å². The van der Waals surface area contributed by atoms with Crippen molar-refractivity contribution >= 4 is 52.2 Å². The Morgan fingerprint density at radius 2 is 1.84 bits per heavy atom. The van der Waals surface area contributed by atoms with Crippen LogP contribution in [0, 0.1) is 13.8 Å². The third-order valence-electron chi connectivity index (χ3n) is 4.91. The third kappa shape index (κ3) is 4.65. The van der Waals surface area contributed by atoms with Gasteiger partial charge in [-0.2, -0.15) is 0 Å². The topological polar surface area (TPSA) is 76.7 Å². The minimum absolute atomic E-state index is 0.202. The molecule has 0 saturated carbocycles. The first-order valence-corrected chi connectivity index (χ1v) is 11.1. The molecule has 2 aromatic carbocycles. The fourth-order valence-corrected chi connectivity index (χ4v) is 4.15. The van der Waals surface area contributed by atoms with E-state index in [1.54, 1.807) is 12.1 Å². The number of hydrogen-bond acceptors (Lipinski definition) is 5.